The molecule has 0 unspecified atom stereocenters. The highest BCUT2D eigenvalue weighted by molar-refractivity contribution is 5.80. The van der Waals surface area contributed by atoms with Gasteiger partial charge in [-0.3, -0.25) is 4.79 Å². The van der Waals surface area contributed by atoms with Crippen molar-refractivity contribution in [3.8, 4) is 0 Å². The fourth-order valence-electron chi connectivity index (χ4n) is 2.35. The first-order valence-electron chi connectivity index (χ1n) is 8.13. The summed E-state index contributed by atoms with van der Waals surface area (Å²) in [4.78, 5) is 27.6. The quantitative estimate of drug-likeness (QED) is 0.748. The number of carbonyl (C=O) groups is 2. The van der Waals surface area contributed by atoms with Gasteiger partial charge in [-0.05, 0) is 33.6 Å². The Morgan fingerprint density at radius 1 is 0.952 bits per heavy atom. The Hall–Kier alpha value is -1.26. The van der Waals surface area contributed by atoms with E-state index in [2.05, 4.69) is 0 Å². The van der Waals surface area contributed by atoms with E-state index in [0.717, 1.165) is 12.8 Å². The first-order chi connectivity index (χ1) is 9.87. The Bertz CT molecular complexity index is 351. The fourth-order valence-corrected chi connectivity index (χ4v) is 2.35. The minimum absolute atomic E-state index is 0.244. The van der Waals surface area contributed by atoms with E-state index in [1.54, 1.807) is 4.90 Å². The highest BCUT2D eigenvalue weighted by atomic mass is 16.6. The van der Waals surface area contributed by atoms with Gasteiger partial charge in [0.25, 0.3) is 0 Å². The first kappa shape index (κ1) is 17.8. The maximum atomic E-state index is 12.1. The van der Waals surface area contributed by atoms with Gasteiger partial charge >= 0.3 is 6.09 Å². The molecule has 1 aliphatic heterocycles. The number of nitrogens with zero attached hydrogens (tertiary/aromatic N) is 2. The van der Waals surface area contributed by atoms with Crippen LogP contribution in [0.5, 0.6) is 0 Å². The lowest BCUT2D eigenvalue weighted by atomic mass is 9.84. The third kappa shape index (κ3) is 5.21. The van der Waals surface area contributed by atoms with Gasteiger partial charge < -0.3 is 14.5 Å². The molecule has 5 nitrogen and oxygen atoms in total. The molecule has 0 N–H and O–H groups in total. The van der Waals surface area contributed by atoms with E-state index in [-0.39, 0.29) is 17.9 Å². The molecule has 5 heteroatoms. The zero-order valence-corrected chi connectivity index (χ0v) is 14.1. The van der Waals surface area contributed by atoms with Crippen LogP contribution in [0, 0.1) is 5.92 Å². The van der Waals surface area contributed by atoms with Crippen LogP contribution in [-0.4, -0.2) is 53.6 Å². The van der Waals surface area contributed by atoms with Crippen molar-refractivity contribution >= 4 is 12.0 Å². The molecular formula is C16H30N2O3. The smallest absolute Gasteiger partial charge is 0.410 e. The lowest BCUT2D eigenvalue weighted by Gasteiger charge is -2.38. The van der Waals surface area contributed by atoms with E-state index in [0.29, 0.717) is 26.2 Å². The Morgan fingerprint density at radius 2 is 1.43 bits per heavy atom. The Labute approximate surface area is 128 Å². The largest absolute Gasteiger partial charge is 0.444 e. The number of amides is 2. The van der Waals surface area contributed by atoms with Crippen molar-refractivity contribution in [2.45, 2.75) is 59.5 Å². The average Bonchev–Trinajstić information content (AvgIpc) is 2.37. The molecule has 2 amide bonds. The summed E-state index contributed by atoms with van der Waals surface area (Å²) in [5.74, 6) is 0.517. The maximum Gasteiger partial charge on any atom is 0.410 e. The lowest BCUT2D eigenvalue weighted by molar-refractivity contribution is -0.139. The van der Waals surface area contributed by atoms with Crippen LogP contribution in [0.4, 0.5) is 4.79 Å². The number of piperazine rings is 1. The summed E-state index contributed by atoms with van der Waals surface area (Å²) in [6.07, 6.45) is 2.97. The molecule has 1 heterocycles. The molecule has 1 saturated heterocycles. The van der Waals surface area contributed by atoms with E-state index in [1.807, 2.05) is 39.5 Å². The van der Waals surface area contributed by atoms with Gasteiger partial charge in [0.15, 0.2) is 0 Å². The van der Waals surface area contributed by atoms with E-state index < -0.39 is 5.60 Å². The second-order valence-electron chi connectivity index (χ2n) is 6.42. The summed E-state index contributed by atoms with van der Waals surface area (Å²) in [5, 5.41) is 0. The summed E-state index contributed by atoms with van der Waals surface area (Å²) in [7, 11) is 0. The van der Waals surface area contributed by atoms with Crippen molar-refractivity contribution in [2.24, 2.45) is 5.92 Å². The molecule has 2 rings (SSSR count). The molecule has 0 radical (unpaired) electrons. The number of rotatable bonds is 1. The molecule has 21 heavy (non-hydrogen) atoms. The van der Waals surface area contributed by atoms with Crippen LogP contribution in [-0.2, 0) is 9.53 Å². The van der Waals surface area contributed by atoms with Crippen molar-refractivity contribution in [3.63, 3.8) is 0 Å². The molecular weight excluding hydrogens is 268 g/mol. The summed E-state index contributed by atoms with van der Waals surface area (Å²) >= 11 is 0. The van der Waals surface area contributed by atoms with Crippen LogP contribution < -0.4 is 0 Å². The zero-order valence-electron chi connectivity index (χ0n) is 14.1. The molecule has 2 aliphatic rings. The molecule has 0 aromatic heterocycles. The van der Waals surface area contributed by atoms with Gasteiger partial charge in [0.1, 0.15) is 5.60 Å². The zero-order chi connectivity index (χ0) is 16.0. The molecule has 0 bridgehead atoms. The topological polar surface area (TPSA) is 49.9 Å². The van der Waals surface area contributed by atoms with Gasteiger partial charge in [-0.1, -0.05) is 20.3 Å². The lowest BCUT2D eigenvalue weighted by Crippen LogP contribution is -2.53. The molecule has 122 valence electrons. The normalized spacial score (nSPS) is 19.3. The van der Waals surface area contributed by atoms with Crippen molar-refractivity contribution in [1.82, 2.24) is 9.80 Å². The second kappa shape index (κ2) is 7.66. The Morgan fingerprint density at radius 3 is 1.81 bits per heavy atom. The SMILES string of the molecule is CC.CC(C)(C)OC(=O)N1CCN(C(=O)C2CCC2)CC1. The minimum Gasteiger partial charge on any atom is -0.444 e. The summed E-state index contributed by atoms with van der Waals surface area (Å²) < 4.78 is 5.34. The number of ether oxygens (including phenoxy) is 1. The minimum atomic E-state index is -0.462. The van der Waals surface area contributed by atoms with Crippen molar-refractivity contribution in [3.05, 3.63) is 0 Å². The van der Waals surface area contributed by atoms with Crippen LogP contribution >= 0.6 is 0 Å². The summed E-state index contributed by atoms with van der Waals surface area (Å²) in [5.41, 5.74) is -0.462. The van der Waals surface area contributed by atoms with Gasteiger partial charge in [-0.15, -0.1) is 0 Å². The van der Waals surface area contributed by atoms with Crippen LogP contribution in [0.3, 0.4) is 0 Å². The van der Waals surface area contributed by atoms with Crippen molar-refractivity contribution in [1.29, 1.82) is 0 Å². The first-order valence-corrected chi connectivity index (χ1v) is 8.13. The van der Waals surface area contributed by atoms with Gasteiger partial charge in [0, 0.05) is 32.1 Å². The predicted octanol–water partition coefficient (Wildman–Crippen LogP) is 2.89. The van der Waals surface area contributed by atoms with Crippen LogP contribution in [0.1, 0.15) is 53.9 Å². The van der Waals surface area contributed by atoms with Crippen molar-refractivity contribution in [2.75, 3.05) is 26.2 Å². The molecule has 2 fully saturated rings. The Kier molecular flexibility index (Phi) is 6.49. The van der Waals surface area contributed by atoms with Crippen LogP contribution in [0.2, 0.25) is 0 Å². The summed E-state index contributed by atoms with van der Waals surface area (Å²) in [6, 6.07) is 0. The molecule has 0 spiro atoms. The van der Waals surface area contributed by atoms with Gasteiger partial charge in [-0.25, -0.2) is 4.79 Å². The second-order valence-corrected chi connectivity index (χ2v) is 6.42. The number of hydrogen-bond acceptors (Lipinski definition) is 3. The van der Waals surface area contributed by atoms with Gasteiger partial charge in [0.2, 0.25) is 5.91 Å². The van der Waals surface area contributed by atoms with E-state index in [4.69, 9.17) is 4.74 Å². The van der Waals surface area contributed by atoms with Crippen LogP contribution in [0.25, 0.3) is 0 Å². The van der Waals surface area contributed by atoms with E-state index >= 15 is 0 Å². The van der Waals surface area contributed by atoms with E-state index in [1.165, 1.54) is 6.42 Å². The number of hydrogen-bond donors (Lipinski definition) is 0. The maximum absolute atomic E-state index is 12.1. The summed E-state index contributed by atoms with van der Waals surface area (Å²) in [6.45, 7) is 12.0. The number of carbonyl (C=O) groups excluding carboxylic acids is 2. The monoisotopic (exact) mass is 298 g/mol. The highest BCUT2D eigenvalue weighted by Gasteiger charge is 2.32. The fraction of sp³-hybridized carbons (Fsp3) is 0.875. The molecule has 1 saturated carbocycles. The third-order valence-electron chi connectivity index (χ3n) is 3.70. The standard InChI is InChI=1S/C14H24N2O3.C2H6/c1-14(2,3)19-13(18)16-9-7-15(8-10-16)12(17)11-5-4-6-11;1-2/h11H,4-10H2,1-3H3;1-2H3. The molecule has 0 aromatic rings. The molecule has 0 atom stereocenters. The molecule has 0 aromatic carbocycles. The highest BCUT2D eigenvalue weighted by Crippen LogP contribution is 2.28. The Balaban J connectivity index is 0.00000106. The van der Waals surface area contributed by atoms with Crippen LogP contribution in [0.15, 0.2) is 0 Å². The molecule has 1 aliphatic carbocycles. The third-order valence-corrected chi connectivity index (χ3v) is 3.70. The van der Waals surface area contributed by atoms with Gasteiger partial charge in [-0.2, -0.15) is 0 Å². The predicted molar refractivity (Wildman–Crippen MR) is 83.1 cm³/mol. The average molecular weight is 298 g/mol. The van der Waals surface area contributed by atoms with E-state index in [9.17, 15) is 9.59 Å². The van der Waals surface area contributed by atoms with Crippen molar-refractivity contribution < 1.29 is 14.3 Å². The van der Waals surface area contributed by atoms with Gasteiger partial charge in [0.05, 0.1) is 0 Å².